The molecule has 0 atom stereocenters. The van der Waals surface area contributed by atoms with Crippen molar-refractivity contribution in [2.45, 2.75) is 168 Å². The SMILES string of the molecule is Brc1ccc(N(c2ccc(-c3ccccc3)cc2)c2ccc(-c3ccc(N(c4ccc(Br)cc4)c4ccc(-c5ccccc5)cc4)cc3)cc2)cc1.C1CCOC1.CC1(C)OB(B2OC(C)(C)C(C)(C)O2)OC1(C)C.CC1(C)OB(c2ccc(N(c3ccc(-c4ccccc4)cc3)c3ccc(-c4ccc(N(c5ccc(B6OC(C)(C)C(C)(C)O6)cc5)c5ccc(-c6ccccc6)cc5)cc4)cc3)cc2)OC1(C)C. The van der Waals surface area contributed by atoms with E-state index in [-0.39, 0.29) is 22.4 Å². The molecule has 0 aromatic heterocycles. The van der Waals surface area contributed by atoms with Gasteiger partial charge in [0.2, 0.25) is 0 Å². The maximum atomic E-state index is 6.40. The Kier molecular flexibility index (Phi) is 29.9. The van der Waals surface area contributed by atoms with E-state index in [1.165, 1.54) is 57.3 Å². The molecule has 16 aromatic carbocycles. The fourth-order valence-electron chi connectivity index (χ4n) is 17.9. The van der Waals surface area contributed by atoms with Crippen molar-refractivity contribution >= 4 is 139 Å². The molecule has 0 amide bonds. The minimum absolute atomic E-state index is 0.360. The molecule has 0 unspecified atom stereocenters. The van der Waals surface area contributed by atoms with Gasteiger partial charge >= 0.3 is 28.3 Å². The molecule has 143 heavy (non-hydrogen) atoms. The molecule has 720 valence electrons. The van der Waals surface area contributed by atoms with Gasteiger partial charge in [-0.3, -0.25) is 0 Å². The van der Waals surface area contributed by atoms with E-state index < -0.39 is 50.7 Å². The molecule has 21 rings (SSSR count). The molecule has 0 radical (unpaired) electrons. The van der Waals surface area contributed by atoms with Crippen molar-refractivity contribution in [1.82, 2.24) is 0 Å². The molecule has 0 saturated carbocycles. The van der Waals surface area contributed by atoms with Gasteiger partial charge in [-0.25, -0.2) is 0 Å². The summed E-state index contributed by atoms with van der Waals surface area (Å²) in [4.78, 5) is 9.20. The van der Waals surface area contributed by atoms with Crippen LogP contribution in [0.1, 0.15) is 124 Å². The summed E-state index contributed by atoms with van der Waals surface area (Å²) in [5.41, 5.74) is 25.9. The summed E-state index contributed by atoms with van der Waals surface area (Å²) in [6, 6.07) is 147. The second-order valence-corrected chi connectivity index (χ2v) is 42.9. The fourth-order valence-corrected chi connectivity index (χ4v) is 18.5. The minimum atomic E-state index is -0.476. The van der Waals surface area contributed by atoms with Gasteiger partial charge in [0.1, 0.15) is 0 Å². The maximum absolute atomic E-state index is 6.40. The van der Waals surface area contributed by atoms with Crippen LogP contribution >= 0.6 is 31.9 Å². The second kappa shape index (κ2) is 42.5. The highest BCUT2D eigenvalue weighted by molar-refractivity contribution is 9.10. The minimum Gasteiger partial charge on any atom is -0.405 e. The lowest BCUT2D eigenvalue weighted by molar-refractivity contribution is 0.00578. The van der Waals surface area contributed by atoms with E-state index in [9.17, 15) is 0 Å². The lowest BCUT2D eigenvalue weighted by Crippen LogP contribution is -2.41. The van der Waals surface area contributed by atoms with Gasteiger partial charge in [-0.2, -0.15) is 0 Å². The number of benzene rings is 16. The monoisotopic (exact) mass is 2010 g/mol. The standard InChI is InChI=1S/C60H58B2N2O4.C48H34Br2N2.C12H24B2O4.C4H8O/c1-57(2)58(3,4)66-61(65-57)49-27-39-55(40-28-49)63(51-31-19-45(20-32-51)43-15-11-9-12-16-43)53-35-23-47(24-36-53)48-25-37-54(38-26-48)64(52-33-21-46(22-34-52)44-17-13-10-14-18-44)56-41-29-50(30-42-56)62-67-59(5,6)60(7,8)68-62;49-41-19-31-47(32-20-41)51(43-23-11-37(12-24-43)35-7-3-1-4-8-35)45-27-15-39(16-28-45)40-17-29-46(30-18-40)52(48-33-21-42(50)22-34-48)44-25-13-38(14-26-44)36-9-5-2-6-10-36;1-9(2)10(3,4)16-13(15-9)14-17-11(5,6)12(7,8)18-14;1-2-4-5-3-1/h9-42H,1-8H3;1-34H;1-8H3;1-4H2. The van der Waals surface area contributed by atoms with Crippen LogP contribution in [0.5, 0.6) is 0 Å². The lowest BCUT2D eigenvalue weighted by Gasteiger charge is -2.32. The van der Waals surface area contributed by atoms with E-state index in [1.807, 2.05) is 55.4 Å². The molecule has 0 aliphatic carbocycles. The van der Waals surface area contributed by atoms with Crippen molar-refractivity contribution < 1.29 is 42.0 Å². The summed E-state index contributed by atoms with van der Waals surface area (Å²) >= 11 is 7.22. The Morgan fingerprint density at radius 2 is 0.315 bits per heavy atom. The molecule has 19 heteroatoms. The van der Waals surface area contributed by atoms with Gasteiger partial charge in [-0.05, 0) is 371 Å². The van der Waals surface area contributed by atoms with Crippen LogP contribution in [-0.2, 0) is 42.0 Å². The lowest BCUT2D eigenvalue weighted by atomic mass is 9.49. The maximum Gasteiger partial charge on any atom is 0.494 e. The number of hydrogen-bond donors (Lipinski definition) is 0. The van der Waals surface area contributed by atoms with E-state index in [0.717, 1.165) is 124 Å². The van der Waals surface area contributed by atoms with E-state index in [4.69, 9.17) is 42.0 Å². The number of hydrogen-bond acceptors (Lipinski definition) is 13. The molecule has 5 aliphatic heterocycles. The molecule has 5 fully saturated rings. The molecule has 5 heterocycles. The Morgan fingerprint density at radius 3 is 0.469 bits per heavy atom. The van der Waals surface area contributed by atoms with Gasteiger partial charge < -0.3 is 61.6 Å². The summed E-state index contributed by atoms with van der Waals surface area (Å²) < 4.78 is 56.5. The van der Waals surface area contributed by atoms with Crippen molar-refractivity contribution in [2.24, 2.45) is 0 Å². The van der Waals surface area contributed by atoms with Crippen LogP contribution in [0.25, 0.3) is 66.8 Å². The Labute approximate surface area is 864 Å². The van der Waals surface area contributed by atoms with Gasteiger partial charge in [0.05, 0.1) is 44.8 Å². The first-order valence-electron chi connectivity index (χ1n) is 49.6. The summed E-state index contributed by atoms with van der Waals surface area (Å²) in [5, 5.41) is 0. The number of rotatable bonds is 21. The van der Waals surface area contributed by atoms with Gasteiger partial charge in [-0.1, -0.05) is 275 Å². The third-order valence-corrected chi connectivity index (χ3v) is 30.3. The van der Waals surface area contributed by atoms with Crippen molar-refractivity contribution in [3.8, 4) is 66.8 Å². The van der Waals surface area contributed by atoms with Crippen LogP contribution in [0.4, 0.5) is 68.2 Å². The topological polar surface area (TPSA) is 96.0 Å². The van der Waals surface area contributed by atoms with Crippen molar-refractivity contribution in [2.75, 3.05) is 32.8 Å². The van der Waals surface area contributed by atoms with Gasteiger partial charge in [0, 0.05) is 90.4 Å². The second-order valence-electron chi connectivity index (χ2n) is 41.1. The molecule has 16 aromatic rings. The van der Waals surface area contributed by atoms with E-state index in [2.05, 4.69) is 519 Å². The van der Waals surface area contributed by atoms with Gasteiger partial charge in [0.25, 0.3) is 0 Å². The summed E-state index contributed by atoms with van der Waals surface area (Å²) in [6.45, 7) is 34.9. The average molecular weight is 2020 g/mol. The van der Waals surface area contributed by atoms with Crippen molar-refractivity contribution in [3.05, 3.63) is 421 Å². The third kappa shape index (κ3) is 22.7. The first-order chi connectivity index (χ1) is 68.6. The Bertz CT molecular complexity index is 6420. The zero-order valence-corrected chi connectivity index (χ0v) is 87.8. The van der Waals surface area contributed by atoms with Crippen LogP contribution < -0.4 is 30.5 Å². The van der Waals surface area contributed by atoms with Crippen LogP contribution in [-0.4, -0.2) is 86.3 Å². The van der Waals surface area contributed by atoms with Crippen LogP contribution in [0.15, 0.2) is 421 Å². The predicted molar refractivity (Wildman–Crippen MR) is 603 cm³/mol. The molecule has 5 aliphatic rings. The zero-order valence-electron chi connectivity index (χ0n) is 84.6. The number of anilines is 12. The largest absolute Gasteiger partial charge is 0.494 e. The van der Waals surface area contributed by atoms with E-state index >= 15 is 0 Å². The molecule has 0 N–H and O–H groups in total. The van der Waals surface area contributed by atoms with E-state index in [0.29, 0.717) is 0 Å². The predicted octanol–water partition coefficient (Wildman–Crippen LogP) is 32.4. The fraction of sp³-hybridized carbons (Fsp3) is 0.226. The molecule has 0 bridgehead atoms. The van der Waals surface area contributed by atoms with Crippen LogP contribution in [0.2, 0.25) is 0 Å². The smallest absolute Gasteiger partial charge is 0.405 e. The summed E-state index contributed by atoms with van der Waals surface area (Å²) in [7, 11) is -1.82. The van der Waals surface area contributed by atoms with Crippen molar-refractivity contribution in [1.29, 1.82) is 0 Å². The molecular formula is C124H124B4Br2N4O9. The Balaban J connectivity index is 0.000000157. The summed E-state index contributed by atoms with van der Waals surface area (Å²) in [5.74, 6) is 0. The highest BCUT2D eigenvalue weighted by Crippen LogP contribution is 2.48. The van der Waals surface area contributed by atoms with Crippen LogP contribution in [0.3, 0.4) is 0 Å². The number of ether oxygens (including phenoxy) is 1. The number of nitrogens with zero attached hydrogens (tertiary/aromatic N) is 4. The first-order valence-corrected chi connectivity index (χ1v) is 51.2. The molecular weight excluding hydrogens is 1890 g/mol. The van der Waals surface area contributed by atoms with Crippen LogP contribution in [0, 0.1) is 0 Å². The number of halogens is 2. The van der Waals surface area contributed by atoms with Crippen molar-refractivity contribution in [3.63, 3.8) is 0 Å². The normalized spacial score (nSPS) is 16.8. The highest BCUT2D eigenvalue weighted by atomic mass is 79.9. The quantitative estimate of drug-likeness (QED) is 0.0640. The summed E-state index contributed by atoms with van der Waals surface area (Å²) in [6.07, 6.45) is 2.56. The molecule has 13 nitrogen and oxygen atoms in total. The molecule has 5 saturated heterocycles. The Morgan fingerprint density at radius 1 is 0.175 bits per heavy atom. The third-order valence-electron chi connectivity index (χ3n) is 29.2. The average Bonchev–Trinajstić information content (AvgIpc) is 1.59. The Hall–Kier alpha value is -12.4. The van der Waals surface area contributed by atoms with E-state index in [1.54, 1.807) is 0 Å². The zero-order chi connectivity index (χ0) is 100. The molecule has 0 spiro atoms. The van der Waals surface area contributed by atoms with Gasteiger partial charge in [0.15, 0.2) is 0 Å². The first kappa shape index (κ1) is 101. The van der Waals surface area contributed by atoms with Gasteiger partial charge in [-0.15, -0.1) is 0 Å². The highest BCUT2D eigenvalue weighted by Gasteiger charge is 2.64.